The molecule has 0 heterocycles. The maximum Gasteiger partial charge on any atom is 0.303 e. The number of carboxylic acids is 1. The quantitative estimate of drug-likeness (QED) is 0.280. The van der Waals surface area contributed by atoms with Gasteiger partial charge in [0.25, 0.3) is 0 Å². The molecule has 1 rings (SSSR count). The normalized spacial score (nSPS) is 44.9. The van der Waals surface area contributed by atoms with Crippen LogP contribution in [0.2, 0.25) is 0 Å². The van der Waals surface area contributed by atoms with E-state index in [0.717, 1.165) is 0 Å². The van der Waals surface area contributed by atoms with Gasteiger partial charge in [0.05, 0.1) is 0 Å². The van der Waals surface area contributed by atoms with Crippen molar-refractivity contribution < 1.29 is 40.5 Å². The molecule has 8 nitrogen and oxygen atoms in total. The summed E-state index contributed by atoms with van der Waals surface area (Å²) >= 11 is 0. The Morgan fingerprint density at radius 1 is 0.944 bits per heavy atom. The van der Waals surface area contributed by atoms with Crippen LogP contribution < -0.4 is 0 Å². The smallest absolute Gasteiger partial charge is 0.303 e. The maximum atomic E-state index is 10.3. The Hall–Kier alpha value is -0.770. The Kier molecular flexibility index (Phi) is 4.65. The van der Waals surface area contributed by atoms with Crippen molar-refractivity contribution in [2.24, 2.45) is 0 Å². The lowest BCUT2D eigenvalue weighted by Gasteiger charge is -2.47. The zero-order chi connectivity index (χ0) is 14.1. The molecule has 1 aliphatic rings. The van der Waals surface area contributed by atoms with Crippen molar-refractivity contribution in [2.45, 2.75) is 55.4 Å². The number of aliphatic hydroxyl groups excluding tert-OH is 5. The van der Waals surface area contributed by atoms with Crippen LogP contribution in [0.15, 0.2) is 0 Å². The van der Waals surface area contributed by atoms with E-state index >= 15 is 0 Å². The second-order valence-electron chi connectivity index (χ2n) is 4.60. The molecule has 0 aromatic carbocycles. The molecule has 8 heteroatoms. The lowest BCUT2D eigenvalue weighted by atomic mass is 9.72. The first-order valence-corrected chi connectivity index (χ1v) is 5.56. The highest BCUT2D eigenvalue weighted by Crippen LogP contribution is 2.34. The average molecular weight is 266 g/mol. The highest BCUT2D eigenvalue weighted by molar-refractivity contribution is 5.66. The van der Waals surface area contributed by atoms with Gasteiger partial charge in [-0.1, -0.05) is 0 Å². The average Bonchev–Trinajstić information content (AvgIpc) is 2.32. The van der Waals surface area contributed by atoms with Gasteiger partial charge in [0.15, 0.2) is 0 Å². The van der Waals surface area contributed by atoms with E-state index in [2.05, 4.69) is 0 Å². The first kappa shape index (κ1) is 15.3. The van der Waals surface area contributed by atoms with Crippen LogP contribution in [-0.4, -0.2) is 77.8 Å². The van der Waals surface area contributed by atoms with Crippen LogP contribution in [0, 0.1) is 0 Å². The van der Waals surface area contributed by atoms with Gasteiger partial charge in [-0.15, -0.1) is 0 Å². The lowest BCUT2D eigenvalue weighted by Crippen LogP contribution is -2.70. The predicted octanol–water partition coefficient (Wildman–Crippen LogP) is -3.21. The zero-order valence-corrected chi connectivity index (χ0v) is 9.55. The van der Waals surface area contributed by atoms with Gasteiger partial charge in [0, 0.05) is 6.42 Å². The molecule has 106 valence electrons. The Morgan fingerprint density at radius 3 is 1.78 bits per heavy atom. The Bertz CT molecular complexity index is 290. The van der Waals surface area contributed by atoms with Gasteiger partial charge in [-0.2, -0.15) is 0 Å². The minimum atomic E-state index is -2.26. The standard InChI is InChI=1S/C10H18O8/c11-4(12)2-1-3-10(18)8(16)6(14)5(13)7(15)9(10)17/h5-9,13-18H,1-3H2,(H,11,12)/t5-,6-,7+,8-,9-,10+/m1/s1. The fourth-order valence-electron chi connectivity index (χ4n) is 2.16. The van der Waals surface area contributed by atoms with Crippen LogP contribution in [0.1, 0.15) is 19.3 Å². The molecular formula is C10H18O8. The Balaban J connectivity index is 2.79. The van der Waals surface area contributed by atoms with Crippen molar-refractivity contribution >= 4 is 5.97 Å². The lowest BCUT2D eigenvalue weighted by molar-refractivity contribution is -0.270. The summed E-state index contributed by atoms with van der Waals surface area (Å²) in [6.45, 7) is 0. The van der Waals surface area contributed by atoms with Crippen molar-refractivity contribution in [3.05, 3.63) is 0 Å². The van der Waals surface area contributed by atoms with Crippen molar-refractivity contribution in [3.8, 4) is 0 Å². The van der Waals surface area contributed by atoms with Crippen LogP contribution in [-0.2, 0) is 4.79 Å². The SMILES string of the molecule is O=C(O)CCC[C@]1(O)[C@H](O)[C@H](O)[C@@H](O)[C@H](O)[C@H]1O. The van der Waals surface area contributed by atoms with E-state index in [1.54, 1.807) is 0 Å². The molecule has 1 aliphatic carbocycles. The molecule has 7 N–H and O–H groups in total. The van der Waals surface area contributed by atoms with Crippen LogP contribution in [0.4, 0.5) is 0 Å². The molecule has 0 aromatic heterocycles. The van der Waals surface area contributed by atoms with E-state index in [9.17, 15) is 35.4 Å². The number of carboxylic acid groups (broad SMARTS) is 1. The van der Waals surface area contributed by atoms with Crippen LogP contribution in [0.3, 0.4) is 0 Å². The van der Waals surface area contributed by atoms with Crippen LogP contribution >= 0.6 is 0 Å². The summed E-state index contributed by atoms with van der Waals surface area (Å²) in [5.74, 6) is -1.11. The molecule has 0 spiro atoms. The number of rotatable bonds is 4. The summed E-state index contributed by atoms with van der Waals surface area (Å²) in [7, 11) is 0. The predicted molar refractivity (Wildman–Crippen MR) is 56.5 cm³/mol. The molecule has 0 aromatic rings. The van der Waals surface area contributed by atoms with Gasteiger partial charge < -0.3 is 35.7 Å². The minimum absolute atomic E-state index is 0.0600. The number of aliphatic hydroxyl groups is 6. The van der Waals surface area contributed by atoms with Crippen molar-refractivity contribution in [3.63, 3.8) is 0 Å². The third-order valence-electron chi connectivity index (χ3n) is 3.34. The molecular weight excluding hydrogens is 248 g/mol. The molecule has 0 saturated heterocycles. The minimum Gasteiger partial charge on any atom is -0.481 e. The third-order valence-corrected chi connectivity index (χ3v) is 3.34. The van der Waals surface area contributed by atoms with Gasteiger partial charge in [0.2, 0.25) is 0 Å². The Morgan fingerprint density at radius 2 is 1.39 bits per heavy atom. The summed E-state index contributed by atoms with van der Waals surface area (Å²) in [6, 6.07) is 0. The van der Waals surface area contributed by atoms with Gasteiger partial charge in [-0.3, -0.25) is 4.79 Å². The highest BCUT2D eigenvalue weighted by atomic mass is 16.4. The third kappa shape index (κ3) is 2.63. The molecule has 0 unspecified atom stereocenters. The van der Waals surface area contributed by atoms with E-state index < -0.39 is 42.1 Å². The summed E-state index contributed by atoms with van der Waals surface area (Å²) in [4.78, 5) is 10.3. The number of hydrogen-bond donors (Lipinski definition) is 7. The monoisotopic (exact) mass is 266 g/mol. The number of hydrogen-bond acceptors (Lipinski definition) is 7. The van der Waals surface area contributed by atoms with E-state index in [0.29, 0.717) is 0 Å². The summed E-state index contributed by atoms with van der Waals surface area (Å²) in [5, 5.41) is 66.0. The molecule has 0 bridgehead atoms. The second kappa shape index (κ2) is 5.47. The van der Waals surface area contributed by atoms with Gasteiger partial charge in [0.1, 0.15) is 36.1 Å². The molecule has 0 radical (unpaired) electrons. The van der Waals surface area contributed by atoms with Crippen LogP contribution in [0.5, 0.6) is 0 Å². The molecule has 0 amide bonds. The van der Waals surface area contributed by atoms with Crippen LogP contribution in [0.25, 0.3) is 0 Å². The van der Waals surface area contributed by atoms with Crippen molar-refractivity contribution in [1.82, 2.24) is 0 Å². The summed E-state index contributed by atoms with van der Waals surface area (Å²) < 4.78 is 0. The van der Waals surface area contributed by atoms with E-state index in [-0.39, 0.29) is 19.3 Å². The van der Waals surface area contributed by atoms with E-state index in [4.69, 9.17) is 5.11 Å². The highest BCUT2D eigenvalue weighted by Gasteiger charge is 2.56. The fourth-order valence-corrected chi connectivity index (χ4v) is 2.16. The van der Waals surface area contributed by atoms with E-state index in [1.807, 2.05) is 0 Å². The number of carbonyl (C=O) groups is 1. The first-order chi connectivity index (χ1) is 8.21. The van der Waals surface area contributed by atoms with E-state index in [1.165, 1.54) is 0 Å². The Labute approximate surface area is 103 Å². The van der Waals surface area contributed by atoms with Crippen molar-refractivity contribution in [1.29, 1.82) is 0 Å². The number of aliphatic carboxylic acids is 1. The maximum absolute atomic E-state index is 10.3. The van der Waals surface area contributed by atoms with Crippen molar-refractivity contribution in [2.75, 3.05) is 0 Å². The molecule has 1 saturated carbocycles. The molecule has 6 atom stereocenters. The molecule has 0 aliphatic heterocycles. The van der Waals surface area contributed by atoms with Gasteiger partial charge >= 0.3 is 5.97 Å². The van der Waals surface area contributed by atoms with Gasteiger partial charge in [-0.25, -0.2) is 0 Å². The summed E-state index contributed by atoms with van der Waals surface area (Å²) in [5.41, 5.74) is -2.26. The fraction of sp³-hybridized carbons (Fsp3) is 0.900. The second-order valence-corrected chi connectivity index (χ2v) is 4.60. The largest absolute Gasteiger partial charge is 0.481 e. The topological polar surface area (TPSA) is 159 Å². The molecule has 1 fully saturated rings. The van der Waals surface area contributed by atoms with Gasteiger partial charge in [-0.05, 0) is 12.8 Å². The first-order valence-electron chi connectivity index (χ1n) is 5.56. The zero-order valence-electron chi connectivity index (χ0n) is 9.55. The molecule has 18 heavy (non-hydrogen) atoms. The summed E-state index contributed by atoms with van der Waals surface area (Å²) in [6.07, 6.45) is -9.86.